The number of nitrogens with zero attached hydrogens (tertiary/aromatic N) is 1. The predicted molar refractivity (Wildman–Crippen MR) is 73.7 cm³/mol. The molecule has 0 saturated heterocycles. The molecule has 1 heterocycles. The van der Waals surface area contributed by atoms with Gasteiger partial charge in [-0.3, -0.25) is 0 Å². The zero-order valence-corrected chi connectivity index (χ0v) is 10.6. The van der Waals surface area contributed by atoms with Crippen molar-refractivity contribution in [2.75, 3.05) is 5.73 Å². The van der Waals surface area contributed by atoms with E-state index in [2.05, 4.69) is 10.3 Å². The topological polar surface area (TPSA) is 88.2 Å². The van der Waals surface area contributed by atoms with Crippen molar-refractivity contribution in [3.63, 3.8) is 0 Å². The number of benzene rings is 1. The second kappa shape index (κ2) is 5.39. The summed E-state index contributed by atoms with van der Waals surface area (Å²) in [5.41, 5.74) is 9.67. The van der Waals surface area contributed by atoms with Crippen LogP contribution in [0.5, 0.6) is 0 Å². The van der Waals surface area contributed by atoms with Gasteiger partial charge in [0.1, 0.15) is 5.82 Å². The van der Waals surface area contributed by atoms with E-state index in [-0.39, 0.29) is 0 Å². The van der Waals surface area contributed by atoms with E-state index in [9.17, 15) is 4.79 Å². The number of carbonyl (C=O) groups is 1. The van der Waals surface area contributed by atoms with Gasteiger partial charge in [0, 0.05) is 12.7 Å². The lowest BCUT2D eigenvalue weighted by molar-refractivity contribution is 0.194. The molecule has 0 bridgehead atoms. The average Bonchev–Trinajstić information content (AvgIpc) is 2.37. The van der Waals surface area contributed by atoms with Crippen molar-refractivity contribution >= 4 is 11.9 Å². The van der Waals surface area contributed by atoms with Crippen molar-refractivity contribution in [1.29, 1.82) is 0 Å². The van der Waals surface area contributed by atoms with Crippen LogP contribution in [-0.4, -0.2) is 16.2 Å². The Labute approximate surface area is 111 Å². The summed E-state index contributed by atoms with van der Waals surface area (Å²) in [4.78, 5) is 14.4. The molecule has 0 saturated carbocycles. The van der Waals surface area contributed by atoms with Gasteiger partial charge in [-0.25, -0.2) is 9.78 Å². The molecule has 1 aromatic heterocycles. The first-order chi connectivity index (χ1) is 9.06. The first-order valence-electron chi connectivity index (χ1n) is 5.84. The van der Waals surface area contributed by atoms with Gasteiger partial charge in [0.25, 0.3) is 0 Å². The highest BCUT2D eigenvalue weighted by Crippen LogP contribution is 2.23. The fraction of sp³-hybridized carbons (Fsp3) is 0.143. The van der Waals surface area contributed by atoms with Crippen LogP contribution in [0.2, 0.25) is 0 Å². The Hall–Kier alpha value is -2.56. The number of nitrogens with one attached hydrogen (secondary N) is 1. The second-order valence-corrected chi connectivity index (χ2v) is 4.27. The number of aromatic nitrogens is 1. The largest absolute Gasteiger partial charge is 0.465 e. The molecule has 0 radical (unpaired) electrons. The van der Waals surface area contributed by atoms with Gasteiger partial charge in [-0.1, -0.05) is 18.2 Å². The van der Waals surface area contributed by atoms with E-state index in [1.807, 2.05) is 37.3 Å². The summed E-state index contributed by atoms with van der Waals surface area (Å²) in [6.07, 6.45) is 0.644. The number of rotatable bonds is 3. The maximum absolute atomic E-state index is 10.5. The van der Waals surface area contributed by atoms with E-state index in [0.29, 0.717) is 12.4 Å². The van der Waals surface area contributed by atoms with E-state index in [0.717, 1.165) is 22.3 Å². The molecule has 0 spiro atoms. The van der Waals surface area contributed by atoms with Crippen LogP contribution in [0, 0.1) is 6.92 Å². The monoisotopic (exact) mass is 257 g/mol. The lowest BCUT2D eigenvalue weighted by atomic mass is 10.0. The number of nitrogens with two attached hydrogens (primary N) is 1. The van der Waals surface area contributed by atoms with Gasteiger partial charge < -0.3 is 16.2 Å². The minimum atomic E-state index is -1.02. The van der Waals surface area contributed by atoms with Gasteiger partial charge in [-0.15, -0.1) is 0 Å². The first-order valence-corrected chi connectivity index (χ1v) is 5.84. The van der Waals surface area contributed by atoms with Crippen LogP contribution in [0.1, 0.15) is 11.1 Å². The SMILES string of the molecule is Cc1cc(-c2ccnc(N)c2)ccc1CNC(=O)O. The summed E-state index contributed by atoms with van der Waals surface area (Å²) in [5, 5.41) is 11.0. The highest BCUT2D eigenvalue weighted by molar-refractivity contribution is 5.67. The van der Waals surface area contributed by atoms with E-state index in [4.69, 9.17) is 10.8 Å². The number of pyridine rings is 1. The van der Waals surface area contributed by atoms with Gasteiger partial charge in [0.2, 0.25) is 0 Å². The van der Waals surface area contributed by atoms with E-state index < -0.39 is 6.09 Å². The molecule has 4 N–H and O–H groups in total. The van der Waals surface area contributed by atoms with E-state index in [1.165, 1.54) is 0 Å². The highest BCUT2D eigenvalue weighted by atomic mass is 16.4. The van der Waals surface area contributed by atoms with Gasteiger partial charge in [0.15, 0.2) is 0 Å². The van der Waals surface area contributed by atoms with Crippen LogP contribution >= 0.6 is 0 Å². The third-order valence-corrected chi connectivity index (χ3v) is 2.89. The first kappa shape index (κ1) is 12.9. The smallest absolute Gasteiger partial charge is 0.404 e. The molecule has 1 amide bonds. The molecule has 98 valence electrons. The Kier molecular flexibility index (Phi) is 3.66. The minimum Gasteiger partial charge on any atom is -0.465 e. The van der Waals surface area contributed by atoms with Gasteiger partial charge >= 0.3 is 6.09 Å². The summed E-state index contributed by atoms with van der Waals surface area (Å²) in [7, 11) is 0. The normalized spacial score (nSPS) is 10.2. The third-order valence-electron chi connectivity index (χ3n) is 2.89. The molecule has 0 aliphatic rings. The summed E-state index contributed by atoms with van der Waals surface area (Å²) in [6, 6.07) is 9.57. The van der Waals surface area contributed by atoms with E-state index >= 15 is 0 Å². The number of nitrogen functional groups attached to an aromatic ring is 1. The maximum Gasteiger partial charge on any atom is 0.404 e. The van der Waals surface area contributed by atoms with Crippen molar-refractivity contribution in [3.05, 3.63) is 47.7 Å². The fourth-order valence-electron chi connectivity index (χ4n) is 1.87. The van der Waals surface area contributed by atoms with Crippen molar-refractivity contribution in [2.24, 2.45) is 0 Å². The van der Waals surface area contributed by atoms with Gasteiger partial charge in [0.05, 0.1) is 0 Å². The molecule has 5 nitrogen and oxygen atoms in total. The summed E-state index contributed by atoms with van der Waals surface area (Å²) < 4.78 is 0. The predicted octanol–water partition coefficient (Wildman–Crippen LogP) is 2.41. The van der Waals surface area contributed by atoms with Gasteiger partial charge in [-0.2, -0.15) is 0 Å². The molecule has 0 aliphatic carbocycles. The summed E-state index contributed by atoms with van der Waals surface area (Å²) in [5.74, 6) is 0.478. The molecule has 0 unspecified atom stereocenters. The van der Waals surface area contributed by atoms with Crippen LogP contribution in [-0.2, 0) is 6.54 Å². The lowest BCUT2D eigenvalue weighted by Crippen LogP contribution is -2.20. The van der Waals surface area contributed by atoms with Crippen molar-refractivity contribution in [3.8, 4) is 11.1 Å². The maximum atomic E-state index is 10.5. The number of amides is 1. The summed E-state index contributed by atoms with van der Waals surface area (Å²) >= 11 is 0. The second-order valence-electron chi connectivity index (χ2n) is 4.27. The number of carboxylic acid groups (broad SMARTS) is 1. The molecule has 2 aromatic rings. The molecule has 2 rings (SSSR count). The number of hydrogen-bond donors (Lipinski definition) is 3. The fourth-order valence-corrected chi connectivity index (χ4v) is 1.87. The Morgan fingerprint density at radius 1 is 1.32 bits per heavy atom. The molecular formula is C14H15N3O2. The number of aryl methyl sites for hydroxylation is 1. The van der Waals surface area contributed by atoms with Crippen LogP contribution in [0.15, 0.2) is 36.5 Å². The Balaban J connectivity index is 2.26. The minimum absolute atomic E-state index is 0.305. The van der Waals surface area contributed by atoms with Crippen molar-refractivity contribution in [2.45, 2.75) is 13.5 Å². The number of hydrogen-bond acceptors (Lipinski definition) is 3. The zero-order chi connectivity index (χ0) is 13.8. The lowest BCUT2D eigenvalue weighted by Gasteiger charge is -2.09. The third kappa shape index (κ3) is 3.22. The number of anilines is 1. The molecule has 0 fully saturated rings. The zero-order valence-electron chi connectivity index (χ0n) is 10.6. The highest BCUT2D eigenvalue weighted by Gasteiger charge is 2.04. The Morgan fingerprint density at radius 2 is 2.05 bits per heavy atom. The van der Waals surface area contributed by atoms with Crippen molar-refractivity contribution < 1.29 is 9.90 Å². The Bertz CT molecular complexity index is 611. The molecule has 0 atom stereocenters. The standard InChI is InChI=1S/C14H15N3O2/c1-9-6-10(11-4-5-16-13(15)7-11)2-3-12(9)8-17-14(18)19/h2-7,17H,8H2,1H3,(H2,15,16)(H,18,19). The molecular weight excluding hydrogens is 242 g/mol. The molecule has 0 aliphatic heterocycles. The van der Waals surface area contributed by atoms with E-state index in [1.54, 1.807) is 6.20 Å². The van der Waals surface area contributed by atoms with Crippen molar-refractivity contribution in [1.82, 2.24) is 10.3 Å². The van der Waals surface area contributed by atoms with Crippen LogP contribution in [0.4, 0.5) is 10.6 Å². The van der Waals surface area contributed by atoms with Crippen LogP contribution in [0.3, 0.4) is 0 Å². The molecule has 19 heavy (non-hydrogen) atoms. The molecule has 5 heteroatoms. The quantitative estimate of drug-likeness (QED) is 0.787. The van der Waals surface area contributed by atoms with Crippen LogP contribution < -0.4 is 11.1 Å². The Morgan fingerprint density at radius 3 is 2.68 bits per heavy atom. The summed E-state index contributed by atoms with van der Waals surface area (Å²) in [6.45, 7) is 2.26. The average molecular weight is 257 g/mol. The molecule has 1 aromatic carbocycles. The van der Waals surface area contributed by atoms with Gasteiger partial charge in [-0.05, 0) is 41.3 Å². The van der Waals surface area contributed by atoms with Crippen LogP contribution in [0.25, 0.3) is 11.1 Å².